The molecule has 0 fully saturated rings. The first-order valence-corrected chi connectivity index (χ1v) is 7.56. The van der Waals surface area contributed by atoms with Gasteiger partial charge in [0.15, 0.2) is 0 Å². The summed E-state index contributed by atoms with van der Waals surface area (Å²) in [7, 11) is 0. The number of rotatable bonds is 8. The summed E-state index contributed by atoms with van der Waals surface area (Å²) in [5.74, 6) is 1.18. The standard InChI is InChI=1S/C16H28N2O2/c1-5-14(6-2)18(7-8-19)16-10-13(11-20)9-15(17-16)12(3)4/h9-10,12,14,19-20H,5-8,11H2,1-4H3. The van der Waals surface area contributed by atoms with Crippen molar-refractivity contribution in [1.29, 1.82) is 0 Å². The van der Waals surface area contributed by atoms with Crippen LogP contribution in [0.2, 0.25) is 0 Å². The zero-order valence-corrected chi connectivity index (χ0v) is 13.1. The predicted molar refractivity (Wildman–Crippen MR) is 83.1 cm³/mol. The Labute approximate surface area is 122 Å². The Balaban J connectivity index is 3.20. The second kappa shape index (κ2) is 8.22. The molecule has 4 nitrogen and oxygen atoms in total. The molecule has 1 rings (SSSR count). The van der Waals surface area contributed by atoms with Gasteiger partial charge in [0.05, 0.1) is 13.2 Å². The average molecular weight is 280 g/mol. The normalized spacial score (nSPS) is 11.4. The van der Waals surface area contributed by atoms with E-state index in [1.54, 1.807) is 0 Å². The van der Waals surface area contributed by atoms with E-state index >= 15 is 0 Å². The number of nitrogens with zero attached hydrogens (tertiary/aromatic N) is 2. The zero-order valence-electron chi connectivity index (χ0n) is 13.1. The van der Waals surface area contributed by atoms with E-state index in [0.29, 0.717) is 18.5 Å². The van der Waals surface area contributed by atoms with Gasteiger partial charge in [-0.2, -0.15) is 0 Å². The molecule has 0 saturated heterocycles. The van der Waals surface area contributed by atoms with Gasteiger partial charge in [-0.3, -0.25) is 0 Å². The maximum absolute atomic E-state index is 9.44. The molecule has 1 heterocycles. The van der Waals surface area contributed by atoms with Crippen LogP contribution in [0.3, 0.4) is 0 Å². The molecule has 114 valence electrons. The van der Waals surface area contributed by atoms with E-state index in [1.165, 1.54) is 0 Å². The molecule has 0 bridgehead atoms. The van der Waals surface area contributed by atoms with E-state index in [9.17, 15) is 10.2 Å². The van der Waals surface area contributed by atoms with E-state index in [0.717, 1.165) is 29.9 Å². The number of aliphatic hydroxyl groups excluding tert-OH is 2. The monoisotopic (exact) mass is 280 g/mol. The Morgan fingerprint density at radius 1 is 1.15 bits per heavy atom. The molecule has 1 aromatic rings. The van der Waals surface area contributed by atoms with Crippen molar-refractivity contribution in [1.82, 2.24) is 4.98 Å². The highest BCUT2D eigenvalue weighted by Gasteiger charge is 2.18. The summed E-state index contributed by atoms with van der Waals surface area (Å²) in [5.41, 5.74) is 1.87. The van der Waals surface area contributed by atoms with Crippen molar-refractivity contribution >= 4 is 5.82 Å². The first kappa shape index (κ1) is 16.9. The van der Waals surface area contributed by atoms with Gasteiger partial charge in [-0.1, -0.05) is 27.7 Å². The maximum Gasteiger partial charge on any atom is 0.129 e. The molecule has 0 unspecified atom stereocenters. The predicted octanol–water partition coefficient (Wildman–Crippen LogP) is 2.68. The SMILES string of the molecule is CCC(CC)N(CCO)c1cc(CO)cc(C(C)C)n1. The molecule has 0 aliphatic heterocycles. The highest BCUT2D eigenvalue weighted by Crippen LogP contribution is 2.23. The van der Waals surface area contributed by atoms with E-state index < -0.39 is 0 Å². The number of anilines is 1. The number of hydrogen-bond donors (Lipinski definition) is 2. The molecule has 2 N–H and O–H groups in total. The lowest BCUT2D eigenvalue weighted by molar-refractivity contribution is 0.281. The fraction of sp³-hybridized carbons (Fsp3) is 0.688. The van der Waals surface area contributed by atoms with Crippen molar-refractivity contribution < 1.29 is 10.2 Å². The molecule has 0 aliphatic carbocycles. The van der Waals surface area contributed by atoms with Gasteiger partial charge in [-0.25, -0.2) is 4.98 Å². The number of pyridine rings is 1. The lowest BCUT2D eigenvalue weighted by atomic mass is 10.1. The summed E-state index contributed by atoms with van der Waals surface area (Å²) in [6.45, 7) is 9.20. The third-order valence-corrected chi connectivity index (χ3v) is 3.68. The van der Waals surface area contributed by atoms with Crippen LogP contribution in [-0.2, 0) is 6.61 Å². The van der Waals surface area contributed by atoms with E-state index in [2.05, 4.69) is 32.6 Å². The molecule has 0 saturated carbocycles. The van der Waals surface area contributed by atoms with Gasteiger partial charge in [0.25, 0.3) is 0 Å². The second-order valence-electron chi connectivity index (χ2n) is 5.46. The van der Waals surface area contributed by atoms with Crippen LogP contribution in [0, 0.1) is 0 Å². The first-order chi connectivity index (χ1) is 9.57. The summed E-state index contributed by atoms with van der Waals surface area (Å²) in [6.07, 6.45) is 2.02. The van der Waals surface area contributed by atoms with Crippen LogP contribution in [0.4, 0.5) is 5.82 Å². The van der Waals surface area contributed by atoms with Crippen molar-refractivity contribution in [3.8, 4) is 0 Å². The highest BCUT2D eigenvalue weighted by molar-refractivity contribution is 5.44. The van der Waals surface area contributed by atoms with Crippen molar-refractivity contribution in [2.45, 2.75) is 59.1 Å². The molecule has 0 radical (unpaired) electrons. The van der Waals surface area contributed by atoms with Crippen LogP contribution in [-0.4, -0.2) is 34.4 Å². The summed E-state index contributed by atoms with van der Waals surface area (Å²) in [4.78, 5) is 6.88. The number of aliphatic hydroxyl groups is 2. The first-order valence-electron chi connectivity index (χ1n) is 7.56. The fourth-order valence-electron chi connectivity index (χ4n) is 2.45. The van der Waals surface area contributed by atoms with Crippen molar-refractivity contribution in [2.75, 3.05) is 18.1 Å². The van der Waals surface area contributed by atoms with Gasteiger partial charge in [-0.15, -0.1) is 0 Å². The van der Waals surface area contributed by atoms with Crippen molar-refractivity contribution in [3.63, 3.8) is 0 Å². The lowest BCUT2D eigenvalue weighted by Crippen LogP contribution is -2.37. The molecular formula is C16H28N2O2. The van der Waals surface area contributed by atoms with Crippen molar-refractivity contribution in [2.24, 2.45) is 0 Å². The van der Waals surface area contributed by atoms with Crippen molar-refractivity contribution in [3.05, 3.63) is 23.4 Å². The average Bonchev–Trinajstić information content (AvgIpc) is 2.46. The fourth-order valence-corrected chi connectivity index (χ4v) is 2.45. The van der Waals surface area contributed by atoms with Gasteiger partial charge in [-0.05, 0) is 36.5 Å². The highest BCUT2D eigenvalue weighted by atomic mass is 16.3. The van der Waals surface area contributed by atoms with Gasteiger partial charge in [0.1, 0.15) is 5.82 Å². The van der Waals surface area contributed by atoms with Gasteiger partial charge >= 0.3 is 0 Å². The second-order valence-corrected chi connectivity index (χ2v) is 5.46. The van der Waals surface area contributed by atoms with Crippen LogP contribution in [0.1, 0.15) is 57.7 Å². The maximum atomic E-state index is 9.44. The van der Waals surface area contributed by atoms with Gasteiger partial charge in [0, 0.05) is 18.3 Å². The molecule has 0 amide bonds. The minimum atomic E-state index is 0.0190. The summed E-state index contributed by atoms with van der Waals surface area (Å²) in [5, 5.41) is 18.8. The smallest absolute Gasteiger partial charge is 0.129 e. The number of hydrogen-bond acceptors (Lipinski definition) is 4. The Morgan fingerprint density at radius 2 is 1.80 bits per heavy atom. The van der Waals surface area contributed by atoms with Crippen LogP contribution < -0.4 is 4.90 Å². The summed E-state index contributed by atoms with van der Waals surface area (Å²) in [6, 6.07) is 4.25. The Bertz CT molecular complexity index is 403. The molecule has 1 aromatic heterocycles. The minimum Gasteiger partial charge on any atom is -0.395 e. The molecule has 20 heavy (non-hydrogen) atoms. The van der Waals surface area contributed by atoms with Crippen LogP contribution in [0.15, 0.2) is 12.1 Å². The van der Waals surface area contributed by atoms with Crippen LogP contribution >= 0.6 is 0 Å². The van der Waals surface area contributed by atoms with E-state index in [4.69, 9.17) is 4.98 Å². The Kier molecular flexibility index (Phi) is 6.96. The third kappa shape index (κ3) is 4.18. The zero-order chi connectivity index (χ0) is 15.1. The van der Waals surface area contributed by atoms with Gasteiger partial charge < -0.3 is 15.1 Å². The molecule has 0 spiro atoms. The quantitative estimate of drug-likeness (QED) is 0.768. The summed E-state index contributed by atoms with van der Waals surface area (Å²) < 4.78 is 0. The van der Waals surface area contributed by atoms with E-state index in [1.807, 2.05) is 12.1 Å². The molecule has 0 atom stereocenters. The Hall–Kier alpha value is -1.13. The lowest BCUT2D eigenvalue weighted by Gasteiger charge is -2.32. The number of aromatic nitrogens is 1. The van der Waals surface area contributed by atoms with Gasteiger partial charge in [0.2, 0.25) is 0 Å². The molecular weight excluding hydrogens is 252 g/mol. The molecule has 0 aliphatic rings. The van der Waals surface area contributed by atoms with Crippen LogP contribution in [0.25, 0.3) is 0 Å². The topological polar surface area (TPSA) is 56.6 Å². The van der Waals surface area contributed by atoms with E-state index in [-0.39, 0.29) is 13.2 Å². The minimum absolute atomic E-state index is 0.0190. The largest absolute Gasteiger partial charge is 0.395 e. The molecule has 0 aromatic carbocycles. The third-order valence-electron chi connectivity index (χ3n) is 3.68. The molecule has 4 heteroatoms. The summed E-state index contributed by atoms with van der Waals surface area (Å²) >= 11 is 0. The Morgan fingerprint density at radius 3 is 2.25 bits per heavy atom. The van der Waals surface area contributed by atoms with Crippen LogP contribution in [0.5, 0.6) is 0 Å².